The minimum atomic E-state index is -4.88. The summed E-state index contributed by atoms with van der Waals surface area (Å²) in [4.78, 5) is 10.7. The van der Waals surface area contributed by atoms with Crippen LogP contribution in [0.15, 0.2) is 23.9 Å². The lowest BCUT2D eigenvalue weighted by molar-refractivity contribution is -0.172. The molecule has 0 saturated heterocycles. The standard InChI is InChI=1S/C10H11BrF3NO2/c1-2-17-9(11)5-3-7(4-6-9)15-8(16)10(12,13)14/h3-5H,2,6H2,1H3,(H,15,16). The Hall–Kier alpha value is -0.820. The van der Waals surface area contributed by atoms with Crippen LogP contribution in [0.25, 0.3) is 0 Å². The molecule has 0 spiro atoms. The molecular weight excluding hydrogens is 303 g/mol. The molecule has 1 unspecified atom stereocenters. The summed E-state index contributed by atoms with van der Waals surface area (Å²) in [5.74, 6) is -1.98. The maximum absolute atomic E-state index is 12.0. The molecule has 1 N–H and O–H groups in total. The number of ether oxygens (including phenoxy) is 1. The molecule has 0 fully saturated rings. The monoisotopic (exact) mass is 313 g/mol. The summed E-state index contributed by atoms with van der Waals surface area (Å²) in [6, 6.07) is 0. The highest BCUT2D eigenvalue weighted by atomic mass is 79.9. The van der Waals surface area contributed by atoms with Crippen LogP contribution < -0.4 is 5.32 Å². The van der Waals surface area contributed by atoms with Gasteiger partial charge >= 0.3 is 12.1 Å². The molecule has 1 atom stereocenters. The Bertz CT molecular complexity index is 365. The lowest BCUT2D eigenvalue weighted by Gasteiger charge is -2.25. The second-order valence-corrected chi connectivity index (χ2v) is 4.71. The number of allylic oxidation sites excluding steroid dienone is 1. The molecule has 0 saturated carbocycles. The van der Waals surface area contributed by atoms with Crippen molar-refractivity contribution in [2.75, 3.05) is 6.61 Å². The van der Waals surface area contributed by atoms with Crippen molar-refractivity contribution in [2.45, 2.75) is 24.0 Å². The highest BCUT2D eigenvalue weighted by Crippen LogP contribution is 2.30. The first kappa shape index (κ1) is 14.2. The van der Waals surface area contributed by atoms with Gasteiger partial charge < -0.3 is 10.1 Å². The van der Waals surface area contributed by atoms with E-state index in [2.05, 4.69) is 15.9 Å². The van der Waals surface area contributed by atoms with Gasteiger partial charge in [0.25, 0.3) is 0 Å². The van der Waals surface area contributed by atoms with Crippen molar-refractivity contribution in [3.63, 3.8) is 0 Å². The second kappa shape index (κ2) is 5.22. The van der Waals surface area contributed by atoms with Gasteiger partial charge in [0.2, 0.25) is 0 Å². The average molecular weight is 314 g/mol. The number of hydrogen-bond acceptors (Lipinski definition) is 2. The smallest absolute Gasteiger partial charge is 0.360 e. The lowest BCUT2D eigenvalue weighted by atomic mass is 10.1. The van der Waals surface area contributed by atoms with E-state index in [0.717, 1.165) is 0 Å². The molecule has 96 valence electrons. The highest BCUT2D eigenvalue weighted by molar-refractivity contribution is 9.10. The molecule has 7 heteroatoms. The van der Waals surface area contributed by atoms with Crippen LogP contribution in [0.4, 0.5) is 13.2 Å². The van der Waals surface area contributed by atoms with Gasteiger partial charge in [0.05, 0.1) is 0 Å². The largest absolute Gasteiger partial charge is 0.471 e. The molecule has 0 aromatic carbocycles. The maximum atomic E-state index is 12.0. The minimum Gasteiger partial charge on any atom is -0.360 e. The first-order chi connectivity index (χ1) is 7.77. The third-order valence-electron chi connectivity index (χ3n) is 2.01. The van der Waals surface area contributed by atoms with Gasteiger partial charge in [-0.2, -0.15) is 13.2 Å². The Labute approximate surface area is 105 Å². The molecule has 1 rings (SSSR count). The number of nitrogens with one attached hydrogen (secondary N) is 1. The summed E-state index contributed by atoms with van der Waals surface area (Å²) < 4.78 is 40.6. The van der Waals surface area contributed by atoms with Crippen LogP contribution in [-0.4, -0.2) is 23.2 Å². The first-order valence-electron chi connectivity index (χ1n) is 4.87. The van der Waals surface area contributed by atoms with E-state index in [9.17, 15) is 18.0 Å². The minimum absolute atomic E-state index is 0.113. The normalized spacial score (nSPS) is 24.4. The molecule has 17 heavy (non-hydrogen) atoms. The van der Waals surface area contributed by atoms with E-state index in [1.165, 1.54) is 12.2 Å². The number of hydrogen-bond donors (Lipinski definition) is 1. The number of alkyl halides is 4. The van der Waals surface area contributed by atoms with E-state index in [0.29, 0.717) is 13.0 Å². The van der Waals surface area contributed by atoms with Crippen LogP contribution in [0.3, 0.4) is 0 Å². The van der Waals surface area contributed by atoms with E-state index in [1.807, 2.05) is 6.92 Å². The lowest BCUT2D eigenvalue weighted by Crippen LogP contribution is -2.37. The van der Waals surface area contributed by atoms with Gasteiger partial charge in [-0.25, -0.2) is 0 Å². The zero-order chi connectivity index (χ0) is 13.1. The molecule has 0 heterocycles. The molecule has 0 aliphatic heterocycles. The van der Waals surface area contributed by atoms with Crippen molar-refractivity contribution in [1.82, 2.24) is 5.32 Å². The van der Waals surface area contributed by atoms with Crippen molar-refractivity contribution in [3.8, 4) is 0 Å². The van der Waals surface area contributed by atoms with Crippen LogP contribution in [-0.2, 0) is 9.53 Å². The highest BCUT2D eigenvalue weighted by Gasteiger charge is 2.39. The number of halogens is 4. The Balaban J connectivity index is 2.60. The van der Waals surface area contributed by atoms with Crippen molar-refractivity contribution >= 4 is 21.8 Å². The molecule has 0 radical (unpaired) electrons. The van der Waals surface area contributed by atoms with Gasteiger partial charge in [-0.1, -0.05) is 6.08 Å². The van der Waals surface area contributed by atoms with Crippen LogP contribution in [0, 0.1) is 0 Å². The van der Waals surface area contributed by atoms with Crippen LogP contribution in [0.1, 0.15) is 13.3 Å². The van der Waals surface area contributed by atoms with Crippen molar-refractivity contribution in [2.24, 2.45) is 0 Å². The van der Waals surface area contributed by atoms with Crippen molar-refractivity contribution in [1.29, 1.82) is 0 Å². The van der Waals surface area contributed by atoms with E-state index in [4.69, 9.17) is 4.74 Å². The van der Waals surface area contributed by atoms with Gasteiger partial charge in [-0.3, -0.25) is 4.79 Å². The first-order valence-corrected chi connectivity index (χ1v) is 5.66. The Morgan fingerprint density at radius 3 is 2.71 bits per heavy atom. The second-order valence-electron chi connectivity index (χ2n) is 3.37. The summed E-state index contributed by atoms with van der Waals surface area (Å²) >= 11 is 3.30. The molecule has 0 bridgehead atoms. The Morgan fingerprint density at radius 2 is 2.29 bits per heavy atom. The summed E-state index contributed by atoms with van der Waals surface area (Å²) in [6.07, 6.45) is -0.142. The molecule has 1 amide bonds. The fourth-order valence-corrected chi connectivity index (χ4v) is 1.76. The molecule has 1 aliphatic carbocycles. The van der Waals surface area contributed by atoms with E-state index >= 15 is 0 Å². The summed E-state index contributed by atoms with van der Waals surface area (Å²) in [5, 5.41) is 1.77. The predicted molar refractivity (Wildman–Crippen MR) is 59.3 cm³/mol. The Morgan fingerprint density at radius 1 is 1.65 bits per heavy atom. The zero-order valence-corrected chi connectivity index (χ0v) is 10.6. The molecule has 3 nitrogen and oxygen atoms in total. The van der Waals surface area contributed by atoms with Crippen molar-refractivity contribution < 1.29 is 22.7 Å². The van der Waals surface area contributed by atoms with Gasteiger partial charge in [0.1, 0.15) is 4.51 Å². The fraction of sp³-hybridized carbons (Fsp3) is 0.500. The van der Waals surface area contributed by atoms with Crippen LogP contribution in [0.2, 0.25) is 0 Å². The molecular formula is C10H11BrF3NO2. The van der Waals surface area contributed by atoms with Gasteiger partial charge in [0, 0.05) is 18.7 Å². The van der Waals surface area contributed by atoms with E-state index in [-0.39, 0.29) is 5.70 Å². The summed E-state index contributed by atoms with van der Waals surface area (Å²) in [7, 11) is 0. The number of rotatable bonds is 3. The predicted octanol–water partition coefficient (Wildman–Crippen LogP) is 2.64. The number of carbonyl (C=O) groups is 1. The third kappa shape index (κ3) is 4.16. The molecule has 0 aromatic heterocycles. The molecule has 1 aliphatic rings. The fourth-order valence-electron chi connectivity index (χ4n) is 1.24. The SMILES string of the molecule is CCOC1(Br)C=CC(NC(=O)C(F)(F)F)=CC1. The Kier molecular flexibility index (Phi) is 4.37. The van der Waals surface area contributed by atoms with E-state index < -0.39 is 16.6 Å². The van der Waals surface area contributed by atoms with Crippen molar-refractivity contribution in [3.05, 3.63) is 23.9 Å². The van der Waals surface area contributed by atoms with Gasteiger partial charge in [-0.15, -0.1) is 0 Å². The number of carbonyl (C=O) groups excluding carboxylic acids is 1. The van der Waals surface area contributed by atoms with Gasteiger partial charge in [0.15, 0.2) is 0 Å². The maximum Gasteiger partial charge on any atom is 0.471 e. The van der Waals surface area contributed by atoms with Gasteiger partial charge in [-0.05, 0) is 35.0 Å². The van der Waals surface area contributed by atoms with E-state index in [1.54, 1.807) is 11.4 Å². The van der Waals surface area contributed by atoms with Crippen LogP contribution in [0.5, 0.6) is 0 Å². The summed E-state index contributed by atoms with van der Waals surface area (Å²) in [6.45, 7) is 2.27. The zero-order valence-electron chi connectivity index (χ0n) is 8.97. The number of amides is 1. The quantitative estimate of drug-likeness (QED) is 0.813. The average Bonchev–Trinajstić information content (AvgIpc) is 2.20. The van der Waals surface area contributed by atoms with Crippen LogP contribution >= 0.6 is 15.9 Å². The summed E-state index contributed by atoms with van der Waals surface area (Å²) in [5.41, 5.74) is 0.113. The topological polar surface area (TPSA) is 38.3 Å². The third-order valence-corrected chi connectivity index (χ3v) is 2.83. The molecule has 0 aromatic rings.